The average molecular weight is 460 g/mol. The predicted octanol–water partition coefficient (Wildman–Crippen LogP) is 5.05. The third-order valence-electron chi connectivity index (χ3n) is 6.78. The molecule has 5 rings (SSSR count). The van der Waals surface area contributed by atoms with Crippen molar-refractivity contribution >= 4 is 34.1 Å². The summed E-state index contributed by atoms with van der Waals surface area (Å²) >= 11 is 0. The highest BCUT2D eigenvalue weighted by atomic mass is 19.1. The molecule has 176 valence electrons. The third kappa shape index (κ3) is 4.23. The molecule has 2 aromatic heterocycles. The third-order valence-corrected chi connectivity index (χ3v) is 6.78. The Morgan fingerprint density at radius 2 is 1.91 bits per heavy atom. The van der Waals surface area contributed by atoms with Gasteiger partial charge < -0.3 is 10.2 Å². The number of ketones is 1. The maximum atomic E-state index is 15.1. The van der Waals surface area contributed by atoms with E-state index in [9.17, 15) is 4.79 Å². The lowest BCUT2D eigenvalue weighted by molar-refractivity contribution is -0.113. The molecule has 6 nitrogen and oxygen atoms in total. The molecule has 1 aliphatic carbocycles. The summed E-state index contributed by atoms with van der Waals surface area (Å²) in [4.78, 5) is 20.8. The standard InChI is InChI=1S/C27H30FN5O/c1-18(2)31-12-14-32(15-13-31)26-8-6-22(17-23(26)28)30-24-7-9-25(33-11-10-29-27(24)33)21-5-4-20(16-21)19(3)34/h5-11,16-18,30H,4,12-15H2,1-3H3. The molecule has 0 atom stereocenters. The van der Waals surface area contributed by atoms with Crippen molar-refractivity contribution in [3.8, 4) is 0 Å². The Bertz CT molecular complexity index is 1300. The van der Waals surface area contributed by atoms with Gasteiger partial charge in [-0.2, -0.15) is 0 Å². The van der Waals surface area contributed by atoms with Gasteiger partial charge in [0.2, 0.25) is 0 Å². The fourth-order valence-electron chi connectivity index (χ4n) is 4.77. The van der Waals surface area contributed by atoms with Crippen molar-refractivity contribution in [2.75, 3.05) is 36.4 Å². The van der Waals surface area contributed by atoms with Gasteiger partial charge in [0.1, 0.15) is 5.82 Å². The number of rotatable bonds is 6. The molecular weight excluding hydrogens is 429 g/mol. The minimum Gasteiger partial charge on any atom is -0.367 e. The molecule has 1 saturated heterocycles. The highest BCUT2D eigenvalue weighted by Gasteiger charge is 2.21. The summed E-state index contributed by atoms with van der Waals surface area (Å²) in [6.07, 6.45) is 8.30. The van der Waals surface area contributed by atoms with Crippen molar-refractivity contribution < 1.29 is 9.18 Å². The van der Waals surface area contributed by atoms with Gasteiger partial charge in [0, 0.05) is 50.3 Å². The van der Waals surface area contributed by atoms with E-state index in [4.69, 9.17) is 0 Å². The number of benzene rings is 1. The smallest absolute Gasteiger partial charge is 0.161 e. The summed E-state index contributed by atoms with van der Waals surface area (Å²) in [5, 5.41) is 3.33. The first kappa shape index (κ1) is 22.3. The fraction of sp³-hybridized carbons (Fsp3) is 0.333. The van der Waals surface area contributed by atoms with Crippen LogP contribution >= 0.6 is 0 Å². The SMILES string of the molecule is CC(=O)C1=CC(c2ccc(Nc3ccc(N4CCN(C(C)C)CC4)c(F)c3)c3nccn23)=CC1. The van der Waals surface area contributed by atoms with Gasteiger partial charge in [-0.25, -0.2) is 9.37 Å². The molecule has 1 fully saturated rings. The van der Waals surface area contributed by atoms with Gasteiger partial charge in [-0.05, 0) is 74.7 Å². The van der Waals surface area contributed by atoms with Crippen LogP contribution in [0.3, 0.4) is 0 Å². The maximum absolute atomic E-state index is 15.1. The molecule has 0 spiro atoms. The van der Waals surface area contributed by atoms with Gasteiger partial charge in [0.05, 0.1) is 17.1 Å². The van der Waals surface area contributed by atoms with E-state index in [1.165, 1.54) is 0 Å². The first-order valence-electron chi connectivity index (χ1n) is 11.8. The van der Waals surface area contributed by atoms with Gasteiger partial charge in [-0.3, -0.25) is 14.1 Å². The minimum absolute atomic E-state index is 0.0960. The Balaban J connectivity index is 1.36. The number of imidazole rings is 1. The number of carbonyl (C=O) groups excluding carboxylic acids is 1. The molecular formula is C27H30FN5O. The van der Waals surface area contributed by atoms with Crippen LogP contribution < -0.4 is 10.2 Å². The zero-order chi connectivity index (χ0) is 23.8. The summed E-state index contributed by atoms with van der Waals surface area (Å²) in [5.74, 6) is -0.129. The summed E-state index contributed by atoms with van der Waals surface area (Å²) in [5.41, 5.74) is 5.66. The van der Waals surface area contributed by atoms with Crippen molar-refractivity contribution in [1.29, 1.82) is 0 Å². The monoisotopic (exact) mass is 459 g/mol. The lowest BCUT2D eigenvalue weighted by atomic mass is 10.1. The summed E-state index contributed by atoms with van der Waals surface area (Å²) in [6.45, 7) is 9.54. The van der Waals surface area contributed by atoms with Crippen LogP contribution in [0.15, 0.2) is 60.5 Å². The van der Waals surface area contributed by atoms with E-state index in [1.54, 1.807) is 19.2 Å². The van der Waals surface area contributed by atoms with Crippen LogP contribution in [-0.2, 0) is 4.79 Å². The lowest BCUT2D eigenvalue weighted by Gasteiger charge is -2.38. The minimum atomic E-state index is -0.225. The van der Waals surface area contributed by atoms with Crippen LogP contribution in [0.4, 0.5) is 21.5 Å². The molecule has 3 heterocycles. The highest BCUT2D eigenvalue weighted by molar-refractivity contribution is 5.99. The number of fused-ring (bicyclic) bond motifs is 1. The first-order valence-corrected chi connectivity index (χ1v) is 11.8. The number of hydrogen-bond donors (Lipinski definition) is 1. The van der Waals surface area contributed by atoms with E-state index in [0.717, 1.165) is 54.4 Å². The van der Waals surface area contributed by atoms with Gasteiger partial charge in [0.25, 0.3) is 0 Å². The van der Waals surface area contributed by atoms with Crippen molar-refractivity contribution in [2.45, 2.75) is 33.2 Å². The normalized spacial score (nSPS) is 16.8. The van der Waals surface area contributed by atoms with Crippen LogP contribution in [0.25, 0.3) is 11.2 Å². The number of halogens is 1. The highest BCUT2D eigenvalue weighted by Crippen LogP contribution is 2.31. The van der Waals surface area contributed by atoms with Gasteiger partial charge in [-0.1, -0.05) is 6.08 Å². The van der Waals surface area contributed by atoms with Crippen LogP contribution in [0.2, 0.25) is 0 Å². The second kappa shape index (κ2) is 9.06. The van der Waals surface area contributed by atoms with E-state index in [1.807, 2.05) is 40.9 Å². The van der Waals surface area contributed by atoms with Gasteiger partial charge in [-0.15, -0.1) is 0 Å². The number of aromatic nitrogens is 2. The molecule has 0 unspecified atom stereocenters. The Kier molecular flexibility index (Phi) is 5.96. The number of allylic oxidation sites excluding steroid dienone is 4. The molecule has 34 heavy (non-hydrogen) atoms. The van der Waals surface area contributed by atoms with Crippen molar-refractivity contribution in [1.82, 2.24) is 14.3 Å². The quantitative estimate of drug-likeness (QED) is 0.559. The van der Waals surface area contributed by atoms with Crippen molar-refractivity contribution in [3.63, 3.8) is 0 Å². The van der Waals surface area contributed by atoms with Gasteiger partial charge >= 0.3 is 0 Å². The zero-order valence-corrected chi connectivity index (χ0v) is 19.9. The predicted molar refractivity (Wildman–Crippen MR) is 135 cm³/mol. The molecule has 0 amide bonds. The molecule has 2 aliphatic rings. The van der Waals surface area contributed by atoms with E-state index in [0.29, 0.717) is 23.8 Å². The number of Topliss-reactive ketones (excluding diaryl/α,β-unsaturated/α-hetero) is 1. The summed E-state index contributed by atoms with van der Waals surface area (Å²) in [6, 6.07) is 9.80. The molecule has 1 N–H and O–H groups in total. The Morgan fingerprint density at radius 3 is 2.59 bits per heavy atom. The largest absolute Gasteiger partial charge is 0.367 e. The number of piperazine rings is 1. The molecule has 1 aromatic carbocycles. The van der Waals surface area contributed by atoms with Crippen molar-refractivity contribution in [2.24, 2.45) is 0 Å². The molecule has 1 aliphatic heterocycles. The molecule has 7 heteroatoms. The lowest BCUT2D eigenvalue weighted by Crippen LogP contribution is -2.49. The van der Waals surface area contributed by atoms with E-state index < -0.39 is 0 Å². The molecule has 0 bridgehead atoms. The number of anilines is 3. The van der Waals surface area contributed by atoms with Gasteiger partial charge in [0.15, 0.2) is 11.4 Å². The number of pyridine rings is 1. The van der Waals surface area contributed by atoms with Crippen LogP contribution in [-0.4, -0.2) is 52.3 Å². The number of hydrogen-bond acceptors (Lipinski definition) is 5. The van der Waals surface area contributed by atoms with E-state index >= 15 is 4.39 Å². The second-order valence-corrected chi connectivity index (χ2v) is 9.25. The van der Waals surface area contributed by atoms with Crippen molar-refractivity contribution in [3.05, 3.63) is 72.0 Å². The van der Waals surface area contributed by atoms with Crippen LogP contribution in [0.5, 0.6) is 0 Å². The second-order valence-electron chi connectivity index (χ2n) is 9.25. The summed E-state index contributed by atoms with van der Waals surface area (Å²) < 4.78 is 17.1. The molecule has 3 aromatic rings. The Morgan fingerprint density at radius 1 is 1.12 bits per heavy atom. The number of carbonyl (C=O) groups is 1. The fourth-order valence-corrected chi connectivity index (χ4v) is 4.77. The number of nitrogens with zero attached hydrogens (tertiary/aromatic N) is 4. The zero-order valence-electron chi connectivity index (χ0n) is 19.9. The van der Waals surface area contributed by atoms with Crippen LogP contribution in [0.1, 0.15) is 32.9 Å². The van der Waals surface area contributed by atoms with E-state index in [2.05, 4.69) is 40.0 Å². The topological polar surface area (TPSA) is 52.9 Å². The Hall–Kier alpha value is -3.45. The van der Waals surface area contributed by atoms with Crippen LogP contribution in [0, 0.1) is 5.82 Å². The summed E-state index contributed by atoms with van der Waals surface area (Å²) in [7, 11) is 0. The molecule has 0 saturated carbocycles. The average Bonchev–Trinajstić information content (AvgIpc) is 3.50. The molecule has 0 radical (unpaired) electrons. The Labute approximate surface area is 199 Å². The maximum Gasteiger partial charge on any atom is 0.161 e. The number of nitrogens with one attached hydrogen (secondary N) is 1. The van der Waals surface area contributed by atoms with E-state index in [-0.39, 0.29) is 11.6 Å². The first-order chi connectivity index (χ1) is 16.4.